The van der Waals surface area contributed by atoms with E-state index in [1.54, 1.807) is 24.6 Å². The summed E-state index contributed by atoms with van der Waals surface area (Å²) in [6.45, 7) is 18.7. The molecule has 2 fully saturated rings. The van der Waals surface area contributed by atoms with Crippen LogP contribution in [0.5, 0.6) is 0 Å². The summed E-state index contributed by atoms with van der Waals surface area (Å²) in [5, 5.41) is -0.208. The molecule has 0 radical (unpaired) electrons. The van der Waals surface area contributed by atoms with E-state index >= 15 is 0 Å². The second kappa shape index (κ2) is 20.7. The molecule has 3 aliphatic carbocycles. The number of carbonyl (C=O) groups is 2. The average Bonchev–Trinajstić information content (AvgIpc) is 4.18. The Bertz CT molecular complexity index is 2370. The summed E-state index contributed by atoms with van der Waals surface area (Å²) in [5.74, 6) is -0.610. The molecular weight excluding hydrogens is 811 g/mol. The molecular formula is C46H67N7O6S2. The van der Waals surface area contributed by atoms with Crippen LogP contribution in [-0.4, -0.2) is 89.7 Å². The lowest BCUT2D eigenvalue weighted by Crippen LogP contribution is -2.37. The van der Waals surface area contributed by atoms with E-state index in [0.717, 1.165) is 85.0 Å². The van der Waals surface area contributed by atoms with Crippen molar-refractivity contribution >= 4 is 67.0 Å². The topological polar surface area (TPSA) is 161 Å². The zero-order valence-corrected chi connectivity index (χ0v) is 38.6. The number of rotatable bonds is 14. The Balaban J connectivity index is 0.000000320. The second-order valence-electron chi connectivity index (χ2n) is 15.1. The lowest BCUT2D eigenvalue weighted by molar-refractivity contribution is -0.137. The number of hydrogen-bond donors (Lipinski definition) is 2. The van der Waals surface area contributed by atoms with Crippen LogP contribution < -0.4 is 19.2 Å². The number of nitrogens with one attached hydrogen (secondary N) is 2. The molecule has 3 heterocycles. The SMILES string of the molecule is CC.CC.CC=N/C(=C\C)CN1CCc2ccc(NS(=O)(=O)C3CC3)cc21.CC=N/C(=C\C)CN1CCc2ccc(NS(=O)(=O)CCN3C(=O)C4=C(C3=O)C3CC3C=C4)cc21.[HH].[HH]. The molecule has 13 nitrogen and oxygen atoms in total. The first-order chi connectivity index (χ1) is 29.3. The molecule has 2 saturated carbocycles. The minimum atomic E-state index is -3.76. The molecule has 8 rings (SSSR count). The van der Waals surface area contributed by atoms with Crippen LogP contribution in [0.2, 0.25) is 0 Å². The number of aliphatic imine (C=N–C) groups is 2. The van der Waals surface area contributed by atoms with E-state index in [0.29, 0.717) is 35.0 Å². The maximum absolute atomic E-state index is 12.8. The third-order valence-electron chi connectivity index (χ3n) is 11.2. The van der Waals surface area contributed by atoms with Crippen molar-refractivity contribution in [3.8, 4) is 0 Å². The first kappa shape index (κ1) is 47.0. The van der Waals surface area contributed by atoms with Crippen LogP contribution in [-0.2, 0) is 42.5 Å². The minimum Gasteiger partial charge on any atom is -0.365 e. The number of hydrogen-bond acceptors (Lipinski definition) is 10. The fraction of sp³-hybridized carbons (Fsp3) is 0.478. The quantitative estimate of drug-likeness (QED) is 0.142. The Morgan fingerprint density at radius 3 is 1.79 bits per heavy atom. The molecule has 2 amide bonds. The van der Waals surface area contributed by atoms with Crippen LogP contribution in [0.25, 0.3) is 0 Å². The van der Waals surface area contributed by atoms with E-state index in [9.17, 15) is 26.4 Å². The van der Waals surface area contributed by atoms with Gasteiger partial charge >= 0.3 is 0 Å². The van der Waals surface area contributed by atoms with Gasteiger partial charge in [0.2, 0.25) is 20.0 Å². The third kappa shape index (κ3) is 11.3. The lowest BCUT2D eigenvalue weighted by atomic mass is 9.99. The zero-order valence-electron chi connectivity index (χ0n) is 36.9. The van der Waals surface area contributed by atoms with Crippen LogP contribution in [0.15, 0.2) is 93.2 Å². The standard InChI is InChI=1S/C25H28N4O4S.C17H23N3O2S.2C2H6.2H2/c1-3-18(26-4-2)15-28-10-9-16-5-7-19(14-22(16)28)27-34(32,33)12-11-29-24(30)20-8-6-17-13-21(17)23(20)25(29)31;1-3-14(18-4-2)12-20-10-9-13-5-6-15(11-17(13)20)19-23(21,22)16-7-8-16;2*1-2;;/h3-8,14,17,21,27H,9-13,15H2,1-2H3;3-6,11,16,19H,7-10,12H2,1-2H3;2*1-2H3;2*1H/b18-3-,26-4?;14-3-,18-4?;;;;. The Morgan fingerprint density at radius 2 is 1.30 bits per heavy atom. The second-order valence-corrected chi connectivity index (χ2v) is 18.9. The van der Waals surface area contributed by atoms with Crippen molar-refractivity contribution in [2.75, 3.05) is 57.7 Å². The summed E-state index contributed by atoms with van der Waals surface area (Å²) in [6, 6.07) is 11.4. The van der Waals surface area contributed by atoms with Crippen LogP contribution in [0.4, 0.5) is 22.7 Å². The maximum Gasteiger partial charge on any atom is 0.261 e. The Labute approximate surface area is 366 Å². The number of nitrogens with zero attached hydrogens (tertiary/aromatic N) is 5. The fourth-order valence-corrected chi connectivity index (χ4v) is 10.3. The maximum atomic E-state index is 12.8. The third-order valence-corrected chi connectivity index (χ3v) is 14.3. The molecule has 0 bridgehead atoms. The van der Waals surface area contributed by atoms with Gasteiger partial charge in [0.15, 0.2) is 0 Å². The number of allylic oxidation sites excluding steroid dienone is 3. The predicted octanol–water partition coefficient (Wildman–Crippen LogP) is 8.15. The van der Waals surface area contributed by atoms with Crippen LogP contribution >= 0.6 is 0 Å². The van der Waals surface area contributed by atoms with E-state index in [1.165, 1.54) is 5.56 Å². The van der Waals surface area contributed by atoms with Gasteiger partial charge in [0.05, 0.1) is 46.9 Å². The molecule has 6 aliphatic rings. The number of anilines is 4. The van der Waals surface area contributed by atoms with E-state index in [4.69, 9.17) is 0 Å². The van der Waals surface area contributed by atoms with Crippen LogP contribution in [0.3, 0.4) is 0 Å². The highest BCUT2D eigenvalue weighted by atomic mass is 32.2. The van der Waals surface area contributed by atoms with Crippen molar-refractivity contribution in [3.05, 3.63) is 94.4 Å². The summed E-state index contributed by atoms with van der Waals surface area (Å²) in [6.07, 6.45) is 15.5. The monoisotopic (exact) mass is 877 g/mol. The Kier molecular flexibility index (Phi) is 16.0. The largest absolute Gasteiger partial charge is 0.365 e. The van der Waals surface area contributed by atoms with Gasteiger partial charge in [-0.25, -0.2) is 16.8 Å². The number of amides is 2. The van der Waals surface area contributed by atoms with Gasteiger partial charge in [0.1, 0.15) is 0 Å². The van der Waals surface area contributed by atoms with Gasteiger partial charge < -0.3 is 9.80 Å². The lowest BCUT2D eigenvalue weighted by Gasteiger charge is -2.20. The van der Waals surface area contributed by atoms with E-state index in [2.05, 4.69) is 29.2 Å². The highest BCUT2D eigenvalue weighted by molar-refractivity contribution is 7.93. The highest BCUT2D eigenvalue weighted by Crippen LogP contribution is 2.51. The Hall–Kier alpha value is -5.02. The number of imide groups is 1. The van der Waals surface area contributed by atoms with Crippen molar-refractivity contribution < 1.29 is 29.3 Å². The molecule has 0 spiro atoms. The van der Waals surface area contributed by atoms with Crippen molar-refractivity contribution in [1.29, 1.82) is 0 Å². The molecule has 2 atom stereocenters. The smallest absolute Gasteiger partial charge is 0.261 e. The van der Waals surface area contributed by atoms with Crippen molar-refractivity contribution in [2.45, 2.75) is 92.7 Å². The molecule has 2 aromatic rings. The number of sulfonamides is 2. The molecule has 61 heavy (non-hydrogen) atoms. The summed E-state index contributed by atoms with van der Waals surface area (Å²) in [4.78, 5) is 39.7. The molecule has 0 aromatic heterocycles. The summed E-state index contributed by atoms with van der Waals surface area (Å²) in [7, 11) is -6.98. The van der Waals surface area contributed by atoms with Crippen molar-refractivity contribution in [1.82, 2.24) is 4.90 Å². The van der Waals surface area contributed by atoms with Crippen LogP contribution in [0.1, 0.15) is 88.6 Å². The minimum absolute atomic E-state index is 0. The first-order valence-corrected chi connectivity index (χ1v) is 24.9. The van der Waals surface area contributed by atoms with E-state index < -0.39 is 20.0 Å². The normalized spacial score (nSPS) is 20.4. The van der Waals surface area contributed by atoms with Gasteiger partial charge in [-0.3, -0.25) is 33.9 Å². The van der Waals surface area contributed by atoms with Gasteiger partial charge in [0.25, 0.3) is 11.8 Å². The predicted molar refractivity (Wildman–Crippen MR) is 255 cm³/mol. The molecule has 2 N–H and O–H groups in total. The molecule has 2 unspecified atom stereocenters. The van der Waals surface area contributed by atoms with Gasteiger partial charge in [-0.2, -0.15) is 0 Å². The molecule has 0 saturated heterocycles. The van der Waals surface area contributed by atoms with E-state index in [1.807, 2.05) is 104 Å². The first-order valence-electron chi connectivity index (χ1n) is 21.7. The highest BCUT2D eigenvalue weighted by Gasteiger charge is 2.51. The van der Waals surface area contributed by atoms with Gasteiger partial charge in [-0.1, -0.05) is 64.1 Å². The Morgan fingerprint density at radius 1 is 0.770 bits per heavy atom. The summed E-state index contributed by atoms with van der Waals surface area (Å²) in [5.41, 5.74) is 8.59. The average molecular weight is 878 g/mol. The number of carbonyl (C=O) groups excluding carboxylic acids is 2. The molecule has 15 heteroatoms. The van der Waals surface area contributed by atoms with Gasteiger partial charge in [-0.05, 0) is 107 Å². The molecule has 2 aromatic carbocycles. The fourth-order valence-electron chi connectivity index (χ4n) is 7.87. The van der Waals surface area contributed by atoms with Gasteiger partial charge in [-0.15, -0.1) is 0 Å². The number of fused-ring (bicyclic) bond motifs is 4. The van der Waals surface area contributed by atoms with Crippen molar-refractivity contribution in [3.63, 3.8) is 0 Å². The van der Waals surface area contributed by atoms with Crippen LogP contribution in [0, 0.1) is 11.8 Å². The van der Waals surface area contributed by atoms with Crippen molar-refractivity contribution in [2.24, 2.45) is 21.8 Å². The molecule has 3 aliphatic heterocycles. The van der Waals surface area contributed by atoms with Gasteiger partial charge in [0, 0.05) is 57.4 Å². The summed E-state index contributed by atoms with van der Waals surface area (Å²) < 4.78 is 55.2. The summed E-state index contributed by atoms with van der Waals surface area (Å²) >= 11 is 0. The number of benzene rings is 2. The van der Waals surface area contributed by atoms with E-state index in [-0.39, 0.29) is 38.1 Å². The molecule has 334 valence electrons. The zero-order chi connectivity index (χ0) is 44.5.